The maximum absolute atomic E-state index is 14.7. The summed E-state index contributed by atoms with van der Waals surface area (Å²) >= 11 is 0. The molecule has 0 radical (unpaired) electrons. The number of fused-ring (bicyclic) bond motifs is 1. The first-order chi connectivity index (χ1) is 22.9. The van der Waals surface area contributed by atoms with E-state index in [0.29, 0.717) is 9.82 Å². The van der Waals surface area contributed by atoms with Crippen molar-refractivity contribution in [3.8, 4) is 5.75 Å². The van der Waals surface area contributed by atoms with Crippen LogP contribution in [-0.4, -0.2) is 66.3 Å². The number of nitrogens with zero attached hydrogens (tertiary/aromatic N) is 1. The van der Waals surface area contributed by atoms with Gasteiger partial charge in [-0.25, -0.2) is 13.2 Å². The van der Waals surface area contributed by atoms with Crippen molar-refractivity contribution in [1.29, 1.82) is 0 Å². The van der Waals surface area contributed by atoms with Gasteiger partial charge in [-0.3, -0.25) is 20.1 Å². The van der Waals surface area contributed by atoms with Gasteiger partial charge in [0.2, 0.25) is 5.66 Å². The molecule has 48 heavy (non-hydrogen) atoms. The first-order valence-corrected chi connectivity index (χ1v) is 16.7. The highest BCUT2D eigenvalue weighted by Gasteiger charge is 2.53. The molecule has 0 aliphatic heterocycles. The van der Waals surface area contributed by atoms with Crippen molar-refractivity contribution < 1.29 is 42.2 Å². The topological polar surface area (TPSA) is 198 Å². The third kappa shape index (κ3) is 6.62. The highest BCUT2D eigenvalue weighted by Crippen LogP contribution is 2.37. The molecule has 4 aromatic rings. The summed E-state index contributed by atoms with van der Waals surface area (Å²) in [6.07, 6.45) is 3.90. The smallest absolute Gasteiger partial charge is 0.338 e. The van der Waals surface area contributed by atoms with Crippen LogP contribution in [-0.2, 0) is 30.0 Å². The highest BCUT2D eigenvalue weighted by molar-refractivity contribution is 7.89. The van der Waals surface area contributed by atoms with Crippen LogP contribution in [0, 0.1) is 6.92 Å². The van der Waals surface area contributed by atoms with Crippen molar-refractivity contribution in [2.45, 2.75) is 55.7 Å². The molecule has 14 heteroatoms. The van der Waals surface area contributed by atoms with Crippen molar-refractivity contribution in [3.63, 3.8) is 0 Å². The molecule has 0 saturated heterocycles. The van der Waals surface area contributed by atoms with Crippen molar-refractivity contribution in [3.05, 3.63) is 95.2 Å². The first-order valence-electron chi connectivity index (χ1n) is 15.3. The number of rotatable bonds is 12. The normalized spacial score (nSPS) is 14.6. The summed E-state index contributed by atoms with van der Waals surface area (Å²) in [7, 11) is -3.57. The number of ether oxygens (including phenoxy) is 2. The van der Waals surface area contributed by atoms with Crippen LogP contribution in [0.25, 0.3) is 10.9 Å². The molecule has 5 N–H and O–H groups in total. The Labute approximate surface area is 277 Å². The Kier molecular flexibility index (Phi) is 9.87. The summed E-state index contributed by atoms with van der Waals surface area (Å²) in [5.74, 6) is -3.95. The van der Waals surface area contributed by atoms with Gasteiger partial charge in [0.05, 0.1) is 24.0 Å². The van der Waals surface area contributed by atoms with E-state index in [-0.39, 0.29) is 44.4 Å². The molecular weight excluding hydrogens is 640 g/mol. The van der Waals surface area contributed by atoms with Gasteiger partial charge in [0.25, 0.3) is 21.8 Å². The summed E-state index contributed by atoms with van der Waals surface area (Å²) in [4.78, 5) is 56.0. The van der Waals surface area contributed by atoms with Crippen LogP contribution in [0.1, 0.15) is 63.9 Å². The lowest BCUT2D eigenvalue weighted by molar-refractivity contribution is -0.137. The van der Waals surface area contributed by atoms with Gasteiger partial charge in [0.1, 0.15) is 11.9 Å². The molecular formula is C34H36N4O9S. The van der Waals surface area contributed by atoms with Crippen LogP contribution < -0.4 is 15.8 Å². The second-order valence-corrected chi connectivity index (χ2v) is 13.3. The van der Waals surface area contributed by atoms with Crippen LogP contribution in [0.5, 0.6) is 5.75 Å². The van der Waals surface area contributed by atoms with E-state index in [1.165, 1.54) is 68.8 Å². The summed E-state index contributed by atoms with van der Waals surface area (Å²) in [5.41, 5.74) is 4.57. The SMILES string of the molecule is COc1cccc(C(=O)N(C(N)(C(=O)NCCC(=O)O)c2c[nH]c3ccc(C(=O)OC4CCCC4)cc23)S(=O)(=O)c2ccccc2C)c1. The maximum atomic E-state index is 14.7. The molecule has 13 nitrogen and oxygen atoms in total. The number of benzene rings is 3. The Bertz CT molecular complexity index is 1990. The zero-order chi connectivity index (χ0) is 34.6. The number of aromatic nitrogens is 1. The molecule has 3 aromatic carbocycles. The Hall–Kier alpha value is -5.21. The molecule has 1 aliphatic carbocycles. The average molecular weight is 677 g/mol. The van der Waals surface area contributed by atoms with Crippen LogP contribution in [0.15, 0.2) is 77.8 Å². The molecule has 1 unspecified atom stereocenters. The Morgan fingerprint density at radius 3 is 2.44 bits per heavy atom. The number of methoxy groups -OCH3 is 1. The highest BCUT2D eigenvalue weighted by atomic mass is 32.2. The number of nitrogens with one attached hydrogen (secondary N) is 2. The second kappa shape index (κ2) is 13.9. The van der Waals surface area contributed by atoms with Crippen LogP contribution in [0.3, 0.4) is 0 Å². The summed E-state index contributed by atoms with van der Waals surface area (Å²) < 4.78 is 40.6. The quantitative estimate of drug-likeness (QED) is 0.126. The predicted octanol–water partition coefficient (Wildman–Crippen LogP) is 3.82. The fraction of sp³-hybridized carbons (Fsp3) is 0.294. The molecule has 1 aromatic heterocycles. The van der Waals surface area contributed by atoms with E-state index in [0.717, 1.165) is 25.7 Å². The molecule has 1 atom stereocenters. The Morgan fingerprint density at radius 2 is 1.75 bits per heavy atom. The second-order valence-electron chi connectivity index (χ2n) is 11.5. The molecule has 0 spiro atoms. The van der Waals surface area contributed by atoms with E-state index in [4.69, 9.17) is 15.2 Å². The van der Waals surface area contributed by atoms with Gasteiger partial charge in [-0.15, -0.1) is 0 Å². The monoisotopic (exact) mass is 676 g/mol. The lowest BCUT2D eigenvalue weighted by Gasteiger charge is -2.38. The molecule has 0 bridgehead atoms. The minimum absolute atomic E-state index is 0.122. The Morgan fingerprint density at radius 1 is 1.02 bits per heavy atom. The number of aryl methyl sites for hydroxylation is 1. The van der Waals surface area contributed by atoms with Crippen molar-refractivity contribution in [1.82, 2.24) is 14.6 Å². The Balaban J connectivity index is 1.75. The summed E-state index contributed by atoms with van der Waals surface area (Å²) in [6.45, 7) is 1.10. The van der Waals surface area contributed by atoms with E-state index < -0.39 is 52.4 Å². The standard InChI is InChI=1S/C34H36N4O9S/c1-21-8-3-6-13-29(21)48(44,45)38(31(41)22-9-7-12-25(18-22)46-2)34(35,33(43)36-17-16-30(39)40)27-20-37-28-15-14-23(19-26(27)28)32(42)47-24-10-4-5-11-24/h3,6-9,12-15,18-20,24,37H,4-5,10-11,16-17,35H2,1-2H3,(H,36,43)(H,39,40). The van der Waals surface area contributed by atoms with E-state index in [9.17, 15) is 32.7 Å². The van der Waals surface area contributed by atoms with E-state index in [2.05, 4.69) is 10.3 Å². The molecule has 1 heterocycles. The third-order valence-corrected chi connectivity index (χ3v) is 10.3. The van der Waals surface area contributed by atoms with E-state index >= 15 is 0 Å². The van der Waals surface area contributed by atoms with Gasteiger partial charge in [-0.1, -0.05) is 24.3 Å². The van der Waals surface area contributed by atoms with Gasteiger partial charge in [0, 0.05) is 34.8 Å². The minimum Gasteiger partial charge on any atom is -0.497 e. The maximum Gasteiger partial charge on any atom is 0.338 e. The number of hydrogen-bond acceptors (Lipinski definition) is 9. The molecule has 5 rings (SSSR count). The van der Waals surface area contributed by atoms with Crippen LogP contribution in [0.2, 0.25) is 0 Å². The van der Waals surface area contributed by atoms with Gasteiger partial charge in [-0.2, -0.15) is 4.31 Å². The first kappa shape index (κ1) is 34.1. The average Bonchev–Trinajstić information content (AvgIpc) is 3.74. The molecule has 2 amide bonds. The van der Waals surface area contributed by atoms with Crippen LogP contribution >= 0.6 is 0 Å². The number of carbonyl (C=O) groups is 4. The van der Waals surface area contributed by atoms with Crippen LogP contribution in [0.4, 0.5) is 0 Å². The molecule has 1 aliphatic rings. The van der Waals surface area contributed by atoms with Gasteiger partial charge in [-0.05, 0) is 80.6 Å². The number of sulfonamides is 1. The number of aromatic amines is 1. The molecule has 1 fully saturated rings. The lowest BCUT2D eigenvalue weighted by Crippen LogP contribution is -2.65. The predicted molar refractivity (Wildman–Crippen MR) is 175 cm³/mol. The fourth-order valence-corrected chi connectivity index (χ4v) is 7.61. The lowest BCUT2D eigenvalue weighted by atomic mass is 9.96. The van der Waals surface area contributed by atoms with Gasteiger partial charge in [0.15, 0.2) is 0 Å². The number of carboxylic acid groups (broad SMARTS) is 1. The number of esters is 1. The summed E-state index contributed by atoms with van der Waals surface area (Å²) in [5, 5.41) is 11.8. The third-order valence-electron chi connectivity index (χ3n) is 8.31. The zero-order valence-corrected chi connectivity index (χ0v) is 27.2. The van der Waals surface area contributed by atoms with E-state index in [1.54, 1.807) is 18.2 Å². The van der Waals surface area contributed by atoms with Crippen molar-refractivity contribution >= 4 is 44.7 Å². The van der Waals surface area contributed by atoms with E-state index in [1.807, 2.05) is 0 Å². The largest absolute Gasteiger partial charge is 0.497 e. The minimum atomic E-state index is -4.94. The van der Waals surface area contributed by atoms with Crippen molar-refractivity contribution in [2.24, 2.45) is 5.73 Å². The zero-order valence-electron chi connectivity index (χ0n) is 26.4. The number of nitrogens with two attached hydrogens (primary N) is 1. The van der Waals surface area contributed by atoms with Crippen molar-refractivity contribution in [2.75, 3.05) is 13.7 Å². The number of H-pyrrole nitrogens is 1. The number of amides is 2. The fourth-order valence-electron chi connectivity index (χ4n) is 5.81. The number of carbonyl (C=O) groups excluding carboxylic acids is 3. The number of aliphatic carboxylic acids is 1. The summed E-state index contributed by atoms with van der Waals surface area (Å²) in [6, 6.07) is 16.1. The van der Waals surface area contributed by atoms with Gasteiger partial charge >= 0.3 is 11.9 Å². The molecule has 252 valence electrons. The van der Waals surface area contributed by atoms with Gasteiger partial charge < -0.3 is 24.9 Å². The molecule has 1 saturated carbocycles. The number of carboxylic acids is 1. The number of hydrogen-bond donors (Lipinski definition) is 4.